The minimum atomic E-state index is -2.10. The molecule has 192 valence electrons. The van der Waals surface area contributed by atoms with E-state index in [9.17, 15) is 15.3 Å². The van der Waals surface area contributed by atoms with Crippen molar-refractivity contribution in [2.24, 2.45) is 5.92 Å². The van der Waals surface area contributed by atoms with Crippen molar-refractivity contribution in [1.82, 2.24) is 16.0 Å². The van der Waals surface area contributed by atoms with E-state index in [1.807, 2.05) is 20.9 Å². The van der Waals surface area contributed by atoms with Gasteiger partial charge in [-0.3, -0.25) is 0 Å². The van der Waals surface area contributed by atoms with Crippen molar-refractivity contribution in [2.75, 3.05) is 20.6 Å². The lowest BCUT2D eigenvalue weighted by Gasteiger charge is -2.60. The Labute approximate surface area is 202 Å². The molecule has 2 saturated heterocycles. The van der Waals surface area contributed by atoms with Crippen LogP contribution in [0, 0.1) is 19.8 Å². The standard InChI is InChI=1S/C25H41N3O6/c1-13-7-8-17(14(2)9-13)11-28-12-24(30)10-15(3)32-23-25(24,31)34-21-19(27-6)16(4)18(26-5)20(29)22(21)33-23/h7-9,15-16,18-23,26-31H,10-12H2,1-6H3/t15-,16+,18-,19?,20+,21?,22-,23?,24-,25-/m1/s1. The van der Waals surface area contributed by atoms with Crippen molar-refractivity contribution in [3.05, 3.63) is 34.9 Å². The van der Waals surface area contributed by atoms with Crippen LogP contribution in [0.25, 0.3) is 0 Å². The Balaban J connectivity index is 1.57. The predicted octanol–water partition coefficient (Wildman–Crippen LogP) is -0.0818. The highest BCUT2D eigenvalue weighted by molar-refractivity contribution is 5.30. The molecule has 1 saturated carbocycles. The third kappa shape index (κ3) is 4.31. The quantitative estimate of drug-likeness (QED) is 0.332. The van der Waals surface area contributed by atoms with Crippen molar-refractivity contribution in [3.8, 4) is 0 Å². The Morgan fingerprint density at radius 2 is 1.74 bits per heavy atom. The number of ether oxygens (including phenoxy) is 3. The second-order valence-corrected chi connectivity index (χ2v) is 10.4. The molecule has 0 aromatic heterocycles. The molecule has 2 heterocycles. The summed E-state index contributed by atoms with van der Waals surface area (Å²) >= 11 is 0. The van der Waals surface area contributed by atoms with E-state index in [-0.39, 0.29) is 37.1 Å². The summed E-state index contributed by atoms with van der Waals surface area (Å²) in [6.07, 6.45) is -3.71. The molecule has 4 rings (SSSR count). The van der Waals surface area contributed by atoms with Gasteiger partial charge in [-0.15, -0.1) is 0 Å². The lowest BCUT2D eigenvalue weighted by Crippen LogP contribution is -2.80. The number of fused-ring (bicyclic) bond motifs is 2. The maximum atomic E-state index is 11.8. The van der Waals surface area contributed by atoms with Gasteiger partial charge in [-0.2, -0.15) is 0 Å². The van der Waals surface area contributed by atoms with Crippen LogP contribution < -0.4 is 16.0 Å². The molecule has 0 bridgehead atoms. The summed E-state index contributed by atoms with van der Waals surface area (Å²) in [7, 11) is 3.62. The van der Waals surface area contributed by atoms with E-state index < -0.39 is 36.0 Å². The number of aliphatic hydroxyl groups excluding tert-OH is 1. The van der Waals surface area contributed by atoms with Crippen LogP contribution in [0.3, 0.4) is 0 Å². The molecule has 6 N–H and O–H groups in total. The Bertz CT molecular complexity index is 873. The number of rotatable bonds is 6. The first-order valence-corrected chi connectivity index (χ1v) is 12.3. The predicted molar refractivity (Wildman–Crippen MR) is 127 cm³/mol. The number of aliphatic hydroxyl groups is 3. The molecule has 2 aliphatic heterocycles. The van der Waals surface area contributed by atoms with Gasteiger partial charge < -0.3 is 45.5 Å². The van der Waals surface area contributed by atoms with Gasteiger partial charge in [0.15, 0.2) is 0 Å². The highest BCUT2D eigenvalue weighted by atomic mass is 16.8. The van der Waals surface area contributed by atoms with Crippen LogP contribution in [0.1, 0.15) is 37.0 Å². The fourth-order valence-corrected chi connectivity index (χ4v) is 6.07. The fraction of sp³-hybridized carbons (Fsp3) is 0.760. The molecular weight excluding hydrogens is 438 g/mol. The van der Waals surface area contributed by atoms with Crippen LogP contribution in [-0.2, 0) is 20.8 Å². The summed E-state index contributed by atoms with van der Waals surface area (Å²) in [5, 5.41) is 44.3. The zero-order chi connectivity index (χ0) is 24.8. The van der Waals surface area contributed by atoms with E-state index in [0.717, 1.165) is 11.1 Å². The third-order valence-electron chi connectivity index (χ3n) is 7.98. The van der Waals surface area contributed by atoms with E-state index in [4.69, 9.17) is 14.2 Å². The summed E-state index contributed by atoms with van der Waals surface area (Å²) in [4.78, 5) is 0. The van der Waals surface area contributed by atoms with Crippen molar-refractivity contribution in [3.63, 3.8) is 0 Å². The van der Waals surface area contributed by atoms with Gasteiger partial charge in [0, 0.05) is 31.6 Å². The van der Waals surface area contributed by atoms with Crippen LogP contribution in [0.15, 0.2) is 18.2 Å². The second kappa shape index (κ2) is 9.72. The number of hydrogen-bond acceptors (Lipinski definition) is 9. The van der Waals surface area contributed by atoms with Crippen LogP contribution in [-0.4, -0.2) is 90.1 Å². The molecule has 9 heteroatoms. The Hall–Kier alpha value is -1.14. The zero-order valence-corrected chi connectivity index (χ0v) is 21.0. The topological polar surface area (TPSA) is 124 Å². The first-order valence-electron chi connectivity index (χ1n) is 12.3. The highest BCUT2D eigenvalue weighted by Gasteiger charge is 2.68. The summed E-state index contributed by atoms with van der Waals surface area (Å²) in [5.74, 6) is -2.12. The van der Waals surface area contributed by atoms with Crippen LogP contribution in [0.5, 0.6) is 0 Å². The molecule has 1 aromatic rings. The Morgan fingerprint density at radius 1 is 1.03 bits per heavy atom. The molecule has 0 spiro atoms. The minimum Gasteiger partial charge on any atom is -0.389 e. The average Bonchev–Trinajstić information content (AvgIpc) is 2.76. The van der Waals surface area contributed by atoms with Crippen molar-refractivity contribution >= 4 is 0 Å². The number of benzene rings is 1. The minimum absolute atomic E-state index is 0.0193. The number of hydrogen-bond donors (Lipinski definition) is 6. The lowest BCUT2D eigenvalue weighted by atomic mass is 9.74. The SMILES string of the molecule is CNC1C2O[C@]3(O)C(O[C@H](C)C[C@@]3(O)CNCc3ccc(C)cc3C)O[C@@H]2[C@@H](O)[C@H](NC)[C@@H]1C. The number of nitrogens with one attached hydrogen (secondary N) is 3. The van der Waals surface area contributed by atoms with Crippen LogP contribution >= 0.6 is 0 Å². The molecule has 3 fully saturated rings. The lowest BCUT2D eigenvalue weighted by molar-refractivity contribution is -0.481. The summed E-state index contributed by atoms with van der Waals surface area (Å²) in [6, 6.07) is 5.80. The molecular formula is C25H41N3O6. The van der Waals surface area contributed by atoms with Gasteiger partial charge >= 0.3 is 0 Å². The van der Waals surface area contributed by atoms with E-state index in [2.05, 4.69) is 48.0 Å². The van der Waals surface area contributed by atoms with E-state index >= 15 is 0 Å². The molecule has 3 aliphatic rings. The van der Waals surface area contributed by atoms with Gasteiger partial charge in [0.1, 0.15) is 17.8 Å². The molecule has 34 heavy (non-hydrogen) atoms. The molecule has 1 aromatic carbocycles. The molecule has 3 unspecified atom stereocenters. The Morgan fingerprint density at radius 3 is 2.38 bits per heavy atom. The highest BCUT2D eigenvalue weighted by Crippen LogP contribution is 2.47. The number of aryl methyl sites for hydroxylation is 2. The van der Waals surface area contributed by atoms with Crippen molar-refractivity contribution in [2.45, 2.75) is 94.8 Å². The van der Waals surface area contributed by atoms with E-state index in [1.54, 1.807) is 7.05 Å². The van der Waals surface area contributed by atoms with Gasteiger partial charge in [0.2, 0.25) is 12.1 Å². The van der Waals surface area contributed by atoms with Gasteiger partial charge in [0.25, 0.3) is 0 Å². The van der Waals surface area contributed by atoms with Crippen LogP contribution in [0.4, 0.5) is 0 Å². The van der Waals surface area contributed by atoms with Gasteiger partial charge in [-0.25, -0.2) is 0 Å². The van der Waals surface area contributed by atoms with Crippen molar-refractivity contribution < 1.29 is 29.5 Å². The maximum Gasteiger partial charge on any atom is 0.249 e. The molecule has 1 aliphatic carbocycles. The normalized spacial score (nSPS) is 44.4. The fourth-order valence-electron chi connectivity index (χ4n) is 6.07. The van der Waals surface area contributed by atoms with E-state index in [1.165, 1.54) is 5.56 Å². The Kier molecular flexibility index (Phi) is 7.42. The number of likely N-dealkylation sites (N-methyl/N-ethyl adjacent to an activating group) is 2. The average molecular weight is 480 g/mol. The van der Waals surface area contributed by atoms with Gasteiger partial charge in [-0.1, -0.05) is 30.7 Å². The van der Waals surface area contributed by atoms with E-state index in [0.29, 0.717) is 6.54 Å². The summed E-state index contributed by atoms with van der Waals surface area (Å²) in [6.45, 7) is 8.58. The zero-order valence-electron chi connectivity index (χ0n) is 21.0. The summed E-state index contributed by atoms with van der Waals surface area (Å²) in [5.41, 5.74) is 1.82. The third-order valence-corrected chi connectivity index (χ3v) is 7.98. The second-order valence-electron chi connectivity index (χ2n) is 10.4. The van der Waals surface area contributed by atoms with Gasteiger partial charge in [0.05, 0.1) is 12.2 Å². The molecule has 0 radical (unpaired) electrons. The van der Waals surface area contributed by atoms with Crippen LogP contribution in [0.2, 0.25) is 0 Å². The molecule has 9 nitrogen and oxygen atoms in total. The maximum absolute atomic E-state index is 11.8. The van der Waals surface area contributed by atoms with Crippen molar-refractivity contribution in [1.29, 1.82) is 0 Å². The molecule has 10 atom stereocenters. The first-order chi connectivity index (χ1) is 16.0. The van der Waals surface area contributed by atoms with Gasteiger partial charge in [-0.05, 0) is 51.9 Å². The smallest absolute Gasteiger partial charge is 0.249 e. The summed E-state index contributed by atoms with van der Waals surface area (Å²) < 4.78 is 18.4. The monoisotopic (exact) mass is 479 g/mol. The first kappa shape index (κ1) is 25.9. The largest absolute Gasteiger partial charge is 0.389 e. The molecule has 0 amide bonds.